The Morgan fingerprint density at radius 1 is 0.895 bits per heavy atom. The van der Waals surface area contributed by atoms with Crippen molar-refractivity contribution in [1.82, 2.24) is 4.90 Å². The van der Waals surface area contributed by atoms with Gasteiger partial charge >= 0.3 is 0 Å². The molecule has 1 N–H and O–H groups in total. The third-order valence-corrected chi connectivity index (χ3v) is 5.53. The number of carbonyl (C=O) groups is 1. The molecule has 3 nitrogen and oxygen atoms in total. The van der Waals surface area contributed by atoms with E-state index >= 15 is 0 Å². The first kappa shape index (κ1) is 13.6. The Kier molecular flexibility index (Phi) is 4.23. The van der Waals surface area contributed by atoms with Crippen LogP contribution in [-0.2, 0) is 4.79 Å². The highest BCUT2D eigenvalue weighted by atomic mass is 16.3. The summed E-state index contributed by atoms with van der Waals surface area (Å²) in [5.74, 6) is 0.763. The highest BCUT2D eigenvalue weighted by Gasteiger charge is 2.41. The zero-order valence-electron chi connectivity index (χ0n) is 11.9. The van der Waals surface area contributed by atoms with E-state index in [2.05, 4.69) is 4.90 Å². The molecule has 0 radical (unpaired) electrons. The monoisotopic (exact) mass is 265 g/mol. The van der Waals surface area contributed by atoms with Crippen molar-refractivity contribution < 1.29 is 9.90 Å². The average molecular weight is 265 g/mol. The normalized spacial score (nSPS) is 41.6. The van der Waals surface area contributed by atoms with Gasteiger partial charge in [0, 0.05) is 24.4 Å². The fourth-order valence-electron chi connectivity index (χ4n) is 4.55. The van der Waals surface area contributed by atoms with Gasteiger partial charge in [-0.15, -0.1) is 0 Å². The third-order valence-electron chi connectivity index (χ3n) is 5.53. The summed E-state index contributed by atoms with van der Waals surface area (Å²) in [5, 5.41) is 10.3. The highest BCUT2D eigenvalue weighted by molar-refractivity contribution is 5.82. The summed E-state index contributed by atoms with van der Waals surface area (Å²) in [4.78, 5) is 14.7. The summed E-state index contributed by atoms with van der Waals surface area (Å²) in [6, 6.07) is 0.765. The SMILES string of the molecule is O=C1CCCCC1C1CCCN1C1CCCCC1O. The van der Waals surface area contributed by atoms with Crippen LogP contribution >= 0.6 is 0 Å². The van der Waals surface area contributed by atoms with E-state index in [-0.39, 0.29) is 12.0 Å². The number of rotatable bonds is 2. The van der Waals surface area contributed by atoms with E-state index < -0.39 is 0 Å². The third kappa shape index (κ3) is 2.73. The number of likely N-dealkylation sites (tertiary alicyclic amines) is 1. The van der Waals surface area contributed by atoms with Crippen LogP contribution in [0, 0.1) is 5.92 Å². The van der Waals surface area contributed by atoms with Crippen LogP contribution in [0.1, 0.15) is 64.2 Å². The second-order valence-electron chi connectivity index (χ2n) is 6.69. The Hall–Kier alpha value is -0.410. The maximum atomic E-state index is 12.2. The molecule has 0 aromatic rings. The molecule has 3 heteroatoms. The maximum Gasteiger partial charge on any atom is 0.137 e. The maximum absolute atomic E-state index is 12.2. The Morgan fingerprint density at radius 3 is 2.42 bits per heavy atom. The number of aliphatic hydroxyl groups excluding tert-OH is 1. The first-order chi connectivity index (χ1) is 9.27. The van der Waals surface area contributed by atoms with Gasteiger partial charge in [0.2, 0.25) is 0 Å². The van der Waals surface area contributed by atoms with Crippen molar-refractivity contribution in [1.29, 1.82) is 0 Å². The Bertz CT molecular complexity index is 331. The Morgan fingerprint density at radius 2 is 1.63 bits per heavy atom. The number of carbonyl (C=O) groups excluding carboxylic acids is 1. The summed E-state index contributed by atoms with van der Waals surface area (Å²) in [6.07, 6.45) is 10.9. The number of aliphatic hydroxyl groups is 1. The molecule has 1 aliphatic heterocycles. The smallest absolute Gasteiger partial charge is 0.137 e. The van der Waals surface area contributed by atoms with Crippen molar-refractivity contribution >= 4 is 5.78 Å². The lowest BCUT2D eigenvalue weighted by Crippen LogP contribution is -2.51. The largest absolute Gasteiger partial charge is 0.391 e. The van der Waals surface area contributed by atoms with Gasteiger partial charge < -0.3 is 5.11 Å². The molecule has 2 saturated carbocycles. The van der Waals surface area contributed by atoms with Crippen LogP contribution in [0.4, 0.5) is 0 Å². The average Bonchev–Trinajstić information content (AvgIpc) is 2.89. The quantitative estimate of drug-likeness (QED) is 0.834. The Balaban J connectivity index is 1.71. The molecule has 108 valence electrons. The molecular weight excluding hydrogens is 238 g/mol. The second kappa shape index (κ2) is 5.92. The van der Waals surface area contributed by atoms with E-state index in [1.54, 1.807) is 0 Å². The molecule has 4 unspecified atom stereocenters. The number of nitrogens with zero attached hydrogens (tertiary/aromatic N) is 1. The predicted molar refractivity (Wildman–Crippen MR) is 75.0 cm³/mol. The van der Waals surface area contributed by atoms with Crippen LogP contribution in [0.15, 0.2) is 0 Å². The highest BCUT2D eigenvalue weighted by Crippen LogP contribution is 2.36. The molecule has 4 atom stereocenters. The second-order valence-corrected chi connectivity index (χ2v) is 6.69. The molecule has 0 aromatic heterocycles. The van der Waals surface area contributed by atoms with Crippen molar-refractivity contribution in [3.05, 3.63) is 0 Å². The first-order valence-corrected chi connectivity index (χ1v) is 8.24. The van der Waals surface area contributed by atoms with Gasteiger partial charge in [0.25, 0.3) is 0 Å². The summed E-state index contributed by atoms with van der Waals surface area (Å²) in [7, 11) is 0. The minimum Gasteiger partial charge on any atom is -0.391 e. The van der Waals surface area contributed by atoms with Crippen molar-refractivity contribution in [2.45, 2.75) is 82.4 Å². The zero-order chi connectivity index (χ0) is 13.2. The van der Waals surface area contributed by atoms with E-state index in [9.17, 15) is 9.90 Å². The fraction of sp³-hybridized carbons (Fsp3) is 0.938. The molecule has 0 bridgehead atoms. The molecule has 1 saturated heterocycles. The summed E-state index contributed by atoms with van der Waals surface area (Å²) in [5.41, 5.74) is 0. The van der Waals surface area contributed by atoms with Gasteiger partial charge in [-0.2, -0.15) is 0 Å². The predicted octanol–water partition coefficient (Wildman–Crippen LogP) is 2.51. The molecular formula is C16H27NO2. The van der Waals surface area contributed by atoms with Gasteiger partial charge in [-0.3, -0.25) is 9.69 Å². The van der Waals surface area contributed by atoms with Crippen molar-refractivity contribution in [3.8, 4) is 0 Å². The van der Waals surface area contributed by atoms with E-state index in [1.165, 1.54) is 32.1 Å². The number of Topliss-reactive ketones (excluding diaryl/α,β-unsaturated/α-hetero) is 1. The first-order valence-electron chi connectivity index (χ1n) is 8.24. The molecule has 3 fully saturated rings. The van der Waals surface area contributed by atoms with Crippen LogP contribution in [0.2, 0.25) is 0 Å². The number of ketones is 1. The standard InChI is InChI=1S/C16H27NO2/c18-15-9-3-1-6-12(15)13-8-5-11-17(13)14-7-2-4-10-16(14)19/h12-14,16,19H,1-11H2. The van der Waals surface area contributed by atoms with Crippen LogP contribution in [0.25, 0.3) is 0 Å². The van der Waals surface area contributed by atoms with Crippen molar-refractivity contribution in [2.24, 2.45) is 5.92 Å². The molecule has 1 heterocycles. The van der Waals surface area contributed by atoms with E-state index in [0.29, 0.717) is 17.9 Å². The lowest BCUT2D eigenvalue weighted by Gasteiger charge is -2.41. The summed E-state index contributed by atoms with van der Waals surface area (Å²) in [6.45, 7) is 1.09. The van der Waals surface area contributed by atoms with Crippen LogP contribution in [0.5, 0.6) is 0 Å². The minimum atomic E-state index is -0.159. The summed E-state index contributed by atoms with van der Waals surface area (Å²) >= 11 is 0. The van der Waals surface area contributed by atoms with Gasteiger partial charge in [-0.1, -0.05) is 19.3 Å². The molecule has 3 rings (SSSR count). The minimum absolute atomic E-state index is 0.159. The molecule has 0 spiro atoms. The van der Waals surface area contributed by atoms with E-state index in [4.69, 9.17) is 0 Å². The molecule has 0 aromatic carbocycles. The molecule has 0 amide bonds. The number of hydrogen-bond donors (Lipinski definition) is 1. The van der Waals surface area contributed by atoms with Crippen LogP contribution in [0.3, 0.4) is 0 Å². The van der Waals surface area contributed by atoms with E-state index in [1.807, 2.05) is 0 Å². The fourth-order valence-corrected chi connectivity index (χ4v) is 4.55. The Labute approximate surface area is 116 Å². The lowest BCUT2D eigenvalue weighted by molar-refractivity contribution is -0.127. The van der Waals surface area contributed by atoms with Gasteiger partial charge in [0.15, 0.2) is 0 Å². The van der Waals surface area contributed by atoms with Crippen LogP contribution in [-0.4, -0.2) is 40.5 Å². The lowest BCUT2D eigenvalue weighted by atomic mass is 9.80. The van der Waals surface area contributed by atoms with Gasteiger partial charge in [-0.25, -0.2) is 0 Å². The van der Waals surface area contributed by atoms with Crippen molar-refractivity contribution in [2.75, 3.05) is 6.54 Å². The van der Waals surface area contributed by atoms with E-state index in [0.717, 1.165) is 38.6 Å². The van der Waals surface area contributed by atoms with Gasteiger partial charge in [0.05, 0.1) is 6.10 Å². The molecule has 19 heavy (non-hydrogen) atoms. The summed E-state index contributed by atoms with van der Waals surface area (Å²) < 4.78 is 0. The molecule has 3 aliphatic rings. The van der Waals surface area contributed by atoms with Crippen molar-refractivity contribution in [3.63, 3.8) is 0 Å². The zero-order valence-corrected chi connectivity index (χ0v) is 11.9. The van der Waals surface area contributed by atoms with Gasteiger partial charge in [-0.05, 0) is 45.1 Å². The molecule has 2 aliphatic carbocycles. The van der Waals surface area contributed by atoms with Gasteiger partial charge in [0.1, 0.15) is 5.78 Å². The van der Waals surface area contributed by atoms with Crippen LogP contribution < -0.4 is 0 Å². The topological polar surface area (TPSA) is 40.5 Å². The number of hydrogen-bond acceptors (Lipinski definition) is 3.